The van der Waals surface area contributed by atoms with Gasteiger partial charge in [0.2, 0.25) is 0 Å². The molecule has 0 aliphatic carbocycles. The predicted octanol–water partition coefficient (Wildman–Crippen LogP) is 6.01. The fourth-order valence-corrected chi connectivity index (χ4v) is 3.73. The van der Waals surface area contributed by atoms with Crippen LogP contribution in [0.3, 0.4) is 0 Å². The Bertz CT molecular complexity index is 1170. The number of halogens is 3. The zero-order chi connectivity index (χ0) is 21.8. The first-order valence-corrected chi connectivity index (χ1v) is 10.0. The van der Waals surface area contributed by atoms with Gasteiger partial charge in [0.25, 0.3) is 0 Å². The Hall–Kier alpha value is -3.25. The van der Waals surface area contributed by atoms with E-state index in [2.05, 4.69) is 28.2 Å². The summed E-state index contributed by atoms with van der Waals surface area (Å²) in [6, 6.07) is 21.6. The van der Waals surface area contributed by atoms with Crippen molar-refractivity contribution in [2.45, 2.75) is 25.8 Å². The molecule has 0 radical (unpaired) electrons. The SMILES string of the molecule is COc1ccc2c(c1)c(CNCc1cccc(C(F)(F)F)c1)cn2Cc1ccccc1. The normalized spacial score (nSPS) is 11.7. The van der Waals surface area contributed by atoms with Crippen LogP contribution < -0.4 is 10.1 Å². The molecule has 0 spiro atoms. The van der Waals surface area contributed by atoms with E-state index in [0.29, 0.717) is 18.7 Å². The summed E-state index contributed by atoms with van der Waals surface area (Å²) in [6.07, 6.45) is -2.24. The molecule has 1 aromatic heterocycles. The van der Waals surface area contributed by atoms with E-state index < -0.39 is 11.7 Å². The monoisotopic (exact) mass is 424 g/mol. The molecule has 160 valence electrons. The minimum absolute atomic E-state index is 0.346. The number of alkyl halides is 3. The van der Waals surface area contributed by atoms with Gasteiger partial charge in [-0.15, -0.1) is 0 Å². The molecular weight excluding hydrogens is 401 g/mol. The van der Waals surface area contributed by atoms with Crippen LogP contribution in [0.15, 0.2) is 79.0 Å². The van der Waals surface area contributed by atoms with E-state index >= 15 is 0 Å². The lowest BCUT2D eigenvalue weighted by Gasteiger charge is -2.09. The number of methoxy groups -OCH3 is 1. The molecule has 1 N–H and O–H groups in total. The molecule has 6 heteroatoms. The van der Waals surface area contributed by atoms with E-state index in [4.69, 9.17) is 4.74 Å². The molecule has 0 aliphatic rings. The van der Waals surface area contributed by atoms with E-state index in [1.54, 1.807) is 13.2 Å². The highest BCUT2D eigenvalue weighted by atomic mass is 19.4. The Morgan fingerprint density at radius 1 is 0.871 bits per heavy atom. The fourth-order valence-electron chi connectivity index (χ4n) is 3.73. The second kappa shape index (κ2) is 8.86. The summed E-state index contributed by atoms with van der Waals surface area (Å²) in [6.45, 7) is 1.61. The van der Waals surface area contributed by atoms with Crippen molar-refractivity contribution in [2.24, 2.45) is 0 Å². The zero-order valence-electron chi connectivity index (χ0n) is 17.1. The number of hydrogen-bond donors (Lipinski definition) is 1. The van der Waals surface area contributed by atoms with E-state index in [-0.39, 0.29) is 0 Å². The van der Waals surface area contributed by atoms with Crippen LogP contribution in [-0.4, -0.2) is 11.7 Å². The average molecular weight is 424 g/mol. The van der Waals surface area contributed by atoms with E-state index in [9.17, 15) is 13.2 Å². The first kappa shape index (κ1) is 21.0. The van der Waals surface area contributed by atoms with Crippen LogP contribution in [0.1, 0.15) is 22.3 Å². The van der Waals surface area contributed by atoms with Crippen molar-refractivity contribution >= 4 is 10.9 Å². The van der Waals surface area contributed by atoms with Crippen molar-refractivity contribution in [3.63, 3.8) is 0 Å². The summed E-state index contributed by atoms with van der Waals surface area (Å²) in [5.41, 5.74) is 3.31. The lowest BCUT2D eigenvalue weighted by atomic mass is 10.1. The van der Waals surface area contributed by atoms with Crippen molar-refractivity contribution in [1.82, 2.24) is 9.88 Å². The predicted molar refractivity (Wildman–Crippen MR) is 116 cm³/mol. The largest absolute Gasteiger partial charge is 0.497 e. The molecule has 4 rings (SSSR count). The van der Waals surface area contributed by atoms with Gasteiger partial charge >= 0.3 is 6.18 Å². The van der Waals surface area contributed by atoms with E-state index in [0.717, 1.165) is 34.8 Å². The van der Waals surface area contributed by atoms with Crippen LogP contribution in [0.5, 0.6) is 5.75 Å². The Morgan fingerprint density at radius 2 is 1.65 bits per heavy atom. The lowest BCUT2D eigenvalue weighted by Crippen LogP contribution is -2.13. The highest BCUT2D eigenvalue weighted by molar-refractivity contribution is 5.85. The van der Waals surface area contributed by atoms with Crippen LogP contribution in [-0.2, 0) is 25.8 Å². The highest BCUT2D eigenvalue weighted by Crippen LogP contribution is 2.30. The maximum absolute atomic E-state index is 12.9. The Balaban J connectivity index is 1.55. The first-order valence-electron chi connectivity index (χ1n) is 10.0. The molecule has 0 saturated heterocycles. The van der Waals surface area contributed by atoms with Crippen LogP contribution in [0.2, 0.25) is 0 Å². The number of hydrogen-bond acceptors (Lipinski definition) is 2. The molecule has 0 aliphatic heterocycles. The third-order valence-corrected chi connectivity index (χ3v) is 5.27. The Morgan fingerprint density at radius 3 is 2.39 bits per heavy atom. The minimum Gasteiger partial charge on any atom is -0.497 e. The third-order valence-electron chi connectivity index (χ3n) is 5.27. The van der Waals surface area contributed by atoms with Gasteiger partial charge in [-0.2, -0.15) is 13.2 Å². The molecule has 1 heterocycles. The second-order valence-electron chi connectivity index (χ2n) is 7.45. The number of aromatic nitrogens is 1. The van der Waals surface area contributed by atoms with Crippen molar-refractivity contribution in [1.29, 1.82) is 0 Å². The Labute approximate surface area is 179 Å². The Kier molecular flexibility index (Phi) is 6.00. The van der Waals surface area contributed by atoms with Crippen molar-refractivity contribution in [3.05, 3.63) is 101 Å². The number of nitrogens with zero attached hydrogens (tertiary/aromatic N) is 1. The molecule has 3 aromatic carbocycles. The summed E-state index contributed by atoms with van der Waals surface area (Å²) in [5.74, 6) is 0.768. The van der Waals surface area contributed by atoms with Crippen LogP contribution in [0, 0.1) is 0 Å². The van der Waals surface area contributed by atoms with Crippen LogP contribution >= 0.6 is 0 Å². The maximum Gasteiger partial charge on any atom is 0.416 e. The van der Waals surface area contributed by atoms with Gasteiger partial charge in [0.05, 0.1) is 12.7 Å². The van der Waals surface area contributed by atoms with Gasteiger partial charge in [-0.3, -0.25) is 0 Å². The quantitative estimate of drug-likeness (QED) is 0.393. The first-order chi connectivity index (χ1) is 14.9. The zero-order valence-corrected chi connectivity index (χ0v) is 17.1. The van der Waals surface area contributed by atoms with Gasteiger partial charge in [-0.1, -0.05) is 48.5 Å². The molecule has 0 bridgehead atoms. The molecule has 0 unspecified atom stereocenters. The molecule has 0 fully saturated rings. The molecule has 0 saturated carbocycles. The van der Waals surface area contributed by atoms with E-state index in [1.807, 2.05) is 36.4 Å². The summed E-state index contributed by atoms with van der Waals surface area (Å²) in [5, 5.41) is 4.34. The average Bonchev–Trinajstić information content (AvgIpc) is 3.10. The smallest absolute Gasteiger partial charge is 0.416 e. The summed E-state index contributed by atoms with van der Waals surface area (Å²) in [7, 11) is 1.63. The molecule has 0 atom stereocenters. The van der Waals surface area contributed by atoms with Gasteiger partial charge in [0.1, 0.15) is 5.75 Å². The van der Waals surface area contributed by atoms with Crippen molar-refractivity contribution in [3.8, 4) is 5.75 Å². The summed E-state index contributed by atoms with van der Waals surface area (Å²) >= 11 is 0. The lowest BCUT2D eigenvalue weighted by molar-refractivity contribution is -0.137. The van der Waals surface area contributed by atoms with Crippen molar-refractivity contribution < 1.29 is 17.9 Å². The van der Waals surface area contributed by atoms with Crippen molar-refractivity contribution in [2.75, 3.05) is 7.11 Å². The van der Waals surface area contributed by atoms with Crippen LogP contribution in [0.4, 0.5) is 13.2 Å². The van der Waals surface area contributed by atoms with Gasteiger partial charge in [-0.05, 0) is 41.0 Å². The molecule has 0 amide bonds. The van der Waals surface area contributed by atoms with Gasteiger partial charge < -0.3 is 14.6 Å². The summed E-state index contributed by atoms with van der Waals surface area (Å²) < 4.78 is 46.4. The maximum atomic E-state index is 12.9. The van der Waals surface area contributed by atoms with Crippen LogP contribution in [0.25, 0.3) is 10.9 Å². The second-order valence-corrected chi connectivity index (χ2v) is 7.45. The minimum atomic E-state index is -4.34. The van der Waals surface area contributed by atoms with Gasteiger partial charge in [0, 0.05) is 36.7 Å². The number of rotatable bonds is 7. The highest BCUT2D eigenvalue weighted by Gasteiger charge is 2.30. The molecule has 4 aromatic rings. The number of benzene rings is 3. The standard InChI is InChI=1S/C25H23F3N2O/c1-31-22-10-11-24-23(13-22)20(17-30(24)16-18-6-3-2-4-7-18)15-29-14-19-8-5-9-21(12-19)25(26,27)28/h2-13,17,29H,14-16H2,1H3. The van der Waals surface area contributed by atoms with Gasteiger partial charge in [0.15, 0.2) is 0 Å². The fraction of sp³-hybridized carbons (Fsp3) is 0.200. The summed E-state index contributed by atoms with van der Waals surface area (Å²) in [4.78, 5) is 0. The molecule has 3 nitrogen and oxygen atoms in total. The molecule has 31 heavy (non-hydrogen) atoms. The number of nitrogens with one attached hydrogen (secondary N) is 1. The third kappa shape index (κ3) is 4.91. The number of ether oxygens (including phenoxy) is 1. The number of fused-ring (bicyclic) bond motifs is 1. The van der Waals surface area contributed by atoms with E-state index in [1.165, 1.54) is 17.7 Å². The molecular formula is C25H23F3N2O. The van der Waals surface area contributed by atoms with Gasteiger partial charge in [-0.25, -0.2) is 0 Å². The topological polar surface area (TPSA) is 26.2 Å².